The second-order valence-electron chi connectivity index (χ2n) is 4.31. The van der Waals surface area contributed by atoms with Crippen molar-refractivity contribution in [1.29, 1.82) is 0 Å². The number of carbonyl (C=O) groups is 1. The van der Waals surface area contributed by atoms with Crippen LogP contribution in [0.25, 0.3) is 0 Å². The number of para-hydroxylation sites is 1. The van der Waals surface area contributed by atoms with Crippen molar-refractivity contribution in [2.75, 3.05) is 12.3 Å². The first kappa shape index (κ1) is 13.1. The predicted molar refractivity (Wildman–Crippen MR) is 72.5 cm³/mol. The second-order valence-corrected chi connectivity index (χ2v) is 4.31. The largest absolute Gasteiger partial charge is 0.398 e. The van der Waals surface area contributed by atoms with Crippen LogP contribution in [0.15, 0.2) is 35.0 Å². The van der Waals surface area contributed by atoms with Crippen molar-refractivity contribution in [3.63, 3.8) is 0 Å². The normalized spacial score (nSPS) is 10.4. The summed E-state index contributed by atoms with van der Waals surface area (Å²) in [7, 11) is 0. The van der Waals surface area contributed by atoms with Crippen LogP contribution in [0.4, 0.5) is 5.69 Å². The zero-order valence-electron chi connectivity index (χ0n) is 11.1. The number of amides is 1. The van der Waals surface area contributed by atoms with Crippen molar-refractivity contribution in [3.8, 4) is 0 Å². The van der Waals surface area contributed by atoms with Crippen LogP contribution in [0.3, 0.4) is 0 Å². The van der Waals surface area contributed by atoms with Crippen LogP contribution in [0.1, 0.15) is 28.6 Å². The maximum absolute atomic E-state index is 12.4. The van der Waals surface area contributed by atoms with Gasteiger partial charge in [-0.1, -0.05) is 23.4 Å². The molecule has 0 unspecified atom stereocenters. The first-order chi connectivity index (χ1) is 9.13. The summed E-state index contributed by atoms with van der Waals surface area (Å²) >= 11 is 0. The minimum absolute atomic E-state index is 0.0931. The number of carbonyl (C=O) groups excluding carboxylic acids is 1. The van der Waals surface area contributed by atoms with Crippen molar-refractivity contribution in [1.82, 2.24) is 10.1 Å². The molecule has 5 nitrogen and oxygen atoms in total. The van der Waals surface area contributed by atoms with Gasteiger partial charge in [0.05, 0.1) is 6.20 Å². The molecule has 0 radical (unpaired) electrons. The van der Waals surface area contributed by atoms with Crippen molar-refractivity contribution < 1.29 is 9.32 Å². The van der Waals surface area contributed by atoms with Crippen molar-refractivity contribution in [2.24, 2.45) is 0 Å². The molecular formula is C14H17N3O2. The average molecular weight is 259 g/mol. The van der Waals surface area contributed by atoms with Gasteiger partial charge < -0.3 is 15.2 Å². The van der Waals surface area contributed by atoms with Crippen LogP contribution in [-0.4, -0.2) is 22.5 Å². The number of benzene rings is 1. The molecule has 2 rings (SSSR count). The quantitative estimate of drug-likeness (QED) is 0.854. The minimum Gasteiger partial charge on any atom is -0.398 e. The van der Waals surface area contributed by atoms with Gasteiger partial charge in [-0.3, -0.25) is 4.79 Å². The lowest BCUT2D eigenvalue weighted by Crippen LogP contribution is -2.30. The molecule has 5 heteroatoms. The summed E-state index contributed by atoms with van der Waals surface area (Å²) in [6.45, 7) is 4.73. The topological polar surface area (TPSA) is 72.4 Å². The lowest BCUT2D eigenvalue weighted by Gasteiger charge is -2.21. The maximum atomic E-state index is 12.4. The number of nitrogen functional groups attached to an aromatic ring is 1. The molecule has 0 fully saturated rings. The average Bonchev–Trinajstić information content (AvgIpc) is 2.83. The first-order valence-corrected chi connectivity index (χ1v) is 6.17. The van der Waals surface area contributed by atoms with E-state index in [1.165, 1.54) is 6.20 Å². The number of hydrogen-bond acceptors (Lipinski definition) is 4. The van der Waals surface area contributed by atoms with E-state index in [2.05, 4.69) is 5.16 Å². The molecule has 0 saturated carbocycles. The highest BCUT2D eigenvalue weighted by Gasteiger charge is 2.19. The van der Waals surface area contributed by atoms with Gasteiger partial charge in [0.2, 0.25) is 0 Å². The van der Waals surface area contributed by atoms with Gasteiger partial charge in [-0.25, -0.2) is 0 Å². The summed E-state index contributed by atoms with van der Waals surface area (Å²) in [6, 6.07) is 7.54. The SMILES string of the molecule is CCN(Cc1ccccc1N)C(=O)c1cnoc1C. The minimum atomic E-state index is -0.0931. The zero-order chi connectivity index (χ0) is 13.8. The lowest BCUT2D eigenvalue weighted by molar-refractivity contribution is 0.0751. The van der Waals surface area contributed by atoms with Gasteiger partial charge in [0, 0.05) is 18.8 Å². The van der Waals surface area contributed by atoms with Crippen molar-refractivity contribution in [2.45, 2.75) is 20.4 Å². The predicted octanol–water partition coefficient (Wildman–Crippen LogP) is 2.23. The fourth-order valence-electron chi connectivity index (χ4n) is 1.89. The molecule has 0 atom stereocenters. The highest BCUT2D eigenvalue weighted by molar-refractivity contribution is 5.94. The van der Waals surface area contributed by atoms with E-state index in [1.807, 2.05) is 31.2 Å². The van der Waals surface area contributed by atoms with Crippen LogP contribution >= 0.6 is 0 Å². The molecule has 0 spiro atoms. The molecule has 0 saturated heterocycles. The Morgan fingerprint density at radius 1 is 1.42 bits per heavy atom. The van der Waals surface area contributed by atoms with Gasteiger partial charge in [-0.05, 0) is 25.5 Å². The molecule has 0 bridgehead atoms. The van der Waals surface area contributed by atoms with E-state index >= 15 is 0 Å². The number of nitrogens with zero attached hydrogens (tertiary/aromatic N) is 2. The number of hydrogen-bond donors (Lipinski definition) is 1. The highest BCUT2D eigenvalue weighted by Crippen LogP contribution is 2.16. The maximum Gasteiger partial charge on any atom is 0.259 e. The molecule has 0 aliphatic heterocycles. The Balaban J connectivity index is 2.20. The molecule has 1 aromatic heterocycles. The standard InChI is InChI=1S/C14H17N3O2/c1-3-17(9-11-6-4-5-7-13(11)15)14(18)12-8-16-19-10(12)2/h4-8H,3,9,15H2,1-2H3. The number of rotatable bonds is 4. The van der Waals surface area contributed by atoms with Gasteiger partial charge in [-0.2, -0.15) is 0 Å². The van der Waals surface area contributed by atoms with E-state index in [0.29, 0.717) is 30.1 Å². The third-order valence-electron chi connectivity index (χ3n) is 3.07. The van der Waals surface area contributed by atoms with Crippen LogP contribution in [0.2, 0.25) is 0 Å². The second kappa shape index (κ2) is 5.56. The summed E-state index contributed by atoms with van der Waals surface area (Å²) in [6.07, 6.45) is 1.45. The molecule has 2 N–H and O–H groups in total. The Kier molecular flexibility index (Phi) is 3.85. The molecule has 100 valence electrons. The molecule has 0 aliphatic carbocycles. The molecule has 1 aromatic carbocycles. The smallest absolute Gasteiger partial charge is 0.259 e. The van der Waals surface area contributed by atoms with Crippen LogP contribution in [0, 0.1) is 6.92 Å². The van der Waals surface area contributed by atoms with Gasteiger partial charge in [0.15, 0.2) is 0 Å². The Hall–Kier alpha value is -2.30. The van der Waals surface area contributed by atoms with Crippen LogP contribution in [-0.2, 0) is 6.54 Å². The summed E-state index contributed by atoms with van der Waals surface area (Å²) in [5.41, 5.74) is 8.03. The number of aryl methyl sites for hydroxylation is 1. The van der Waals surface area contributed by atoms with E-state index in [1.54, 1.807) is 11.8 Å². The van der Waals surface area contributed by atoms with Gasteiger partial charge in [-0.15, -0.1) is 0 Å². The summed E-state index contributed by atoms with van der Waals surface area (Å²) in [5.74, 6) is 0.439. The van der Waals surface area contributed by atoms with Crippen molar-refractivity contribution in [3.05, 3.63) is 47.3 Å². The third-order valence-corrected chi connectivity index (χ3v) is 3.07. The van der Waals surface area contributed by atoms with Crippen molar-refractivity contribution >= 4 is 11.6 Å². The number of anilines is 1. The van der Waals surface area contributed by atoms with Gasteiger partial charge in [0.25, 0.3) is 5.91 Å². The number of aromatic nitrogens is 1. The van der Waals surface area contributed by atoms with E-state index < -0.39 is 0 Å². The van der Waals surface area contributed by atoms with E-state index in [9.17, 15) is 4.79 Å². The summed E-state index contributed by atoms with van der Waals surface area (Å²) in [5, 5.41) is 3.64. The Labute approximate surface area is 112 Å². The van der Waals surface area contributed by atoms with E-state index in [0.717, 1.165) is 5.56 Å². The van der Waals surface area contributed by atoms with Gasteiger partial charge in [0.1, 0.15) is 11.3 Å². The highest BCUT2D eigenvalue weighted by atomic mass is 16.5. The van der Waals surface area contributed by atoms with Crippen LogP contribution in [0.5, 0.6) is 0 Å². The number of nitrogens with two attached hydrogens (primary N) is 1. The zero-order valence-corrected chi connectivity index (χ0v) is 11.1. The fourth-order valence-corrected chi connectivity index (χ4v) is 1.89. The summed E-state index contributed by atoms with van der Waals surface area (Å²) < 4.78 is 4.93. The molecule has 2 aromatic rings. The summed E-state index contributed by atoms with van der Waals surface area (Å²) in [4.78, 5) is 14.1. The molecule has 19 heavy (non-hydrogen) atoms. The Morgan fingerprint density at radius 3 is 2.74 bits per heavy atom. The molecule has 1 heterocycles. The first-order valence-electron chi connectivity index (χ1n) is 6.17. The van der Waals surface area contributed by atoms with Crippen LogP contribution < -0.4 is 5.73 Å². The lowest BCUT2D eigenvalue weighted by atomic mass is 10.1. The fraction of sp³-hybridized carbons (Fsp3) is 0.286. The third kappa shape index (κ3) is 2.76. The molecule has 1 amide bonds. The van der Waals surface area contributed by atoms with Gasteiger partial charge >= 0.3 is 0 Å². The van der Waals surface area contributed by atoms with E-state index in [-0.39, 0.29) is 5.91 Å². The Bertz CT molecular complexity index is 578. The Morgan fingerprint density at radius 2 is 2.16 bits per heavy atom. The van der Waals surface area contributed by atoms with E-state index in [4.69, 9.17) is 10.3 Å². The molecule has 0 aliphatic rings. The molecular weight excluding hydrogens is 242 g/mol. The monoisotopic (exact) mass is 259 g/mol.